The minimum absolute atomic E-state index is 0.0463. The number of benzene rings is 2. The molecule has 0 aromatic heterocycles. The summed E-state index contributed by atoms with van der Waals surface area (Å²) in [6.07, 6.45) is -3.35. The van der Waals surface area contributed by atoms with Crippen molar-refractivity contribution in [1.29, 1.82) is 0 Å². The molecule has 2 N–H and O–H groups in total. The van der Waals surface area contributed by atoms with Gasteiger partial charge in [0.15, 0.2) is 0 Å². The number of alkyl halides is 6. The summed E-state index contributed by atoms with van der Waals surface area (Å²) in [4.78, 5) is 26.4. The fraction of sp³-hybridized carbons (Fsp3) is 0.529. The van der Waals surface area contributed by atoms with Crippen LogP contribution in [0.3, 0.4) is 0 Å². The molecule has 0 spiro atoms. The van der Waals surface area contributed by atoms with Crippen LogP contribution in [-0.4, -0.2) is 42.7 Å². The highest BCUT2D eigenvalue weighted by Crippen LogP contribution is 2.58. The zero-order chi connectivity index (χ0) is 33.9. The van der Waals surface area contributed by atoms with E-state index in [2.05, 4.69) is 4.74 Å². The Morgan fingerprint density at radius 3 is 2.41 bits per heavy atom. The van der Waals surface area contributed by atoms with Gasteiger partial charge in [0.1, 0.15) is 11.3 Å². The second-order valence-corrected chi connectivity index (χ2v) is 12.0. The third kappa shape index (κ3) is 6.43. The lowest BCUT2D eigenvalue weighted by Crippen LogP contribution is -2.53. The lowest BCUT2D eigenvalue weighted by Gasteiger charge is -2.34. The van der Waals surface area contributed by atoms with Crippen LogP contribution in [0.15, 0.2) is 30.3 Å². The van der Waals surface area contributed by atoms with E-state index in [9.17, 15) is 35.9 Å². The van der Waals surface area contributed by atoms with Crippen LogP contribution in [0.1, 0.15) is 91.8 Å². The van der Waals surface area contributed by atoms with Crippen LogP contribution in [0.2, 0.25) is 0 Å². The number of nitrogens with zero attached hydrogens (tertiary/aromatic N) is 1. The standard InChI is InChI=1S/C34H40F6N2O4/c1-4-11-23-19-28-26(20-46-32(28,33(35,36)37)34(38,39)40)25(12-5-2)29(23)45-18-9-8-17-42(21-43)30(44)31(3,41)27-16-10-14-22-13-6-7-15-24(22)27/h7,10,14-16,19,21H,4-6,8-9,11-13,17-18,20,41H2,1-3H3/t31-/m0/s1. The Morgan fingerprint density at radius 2 is 1.78 bits per heavy atom. The molecule has 1 atom stereocenters. The zero-order valence-corrected chi connectivity index (χ0v) is 26.2. The summed E-state index contributed by atoms with van der Waals surface area (Å²) >= 11 is 0. The van der Waals surface area contributed by atoms with Crippen molar-refractivity contribution >= 4 is 18.4 Å². The van der Waals surface area contributed by atoms with Gasteiger partial charge < -0.3 is 15.2 Å². The number of amides is 2. The van der Waals surface area contributed by atoms with Gasteiger partial charge in [-0.05, 0) is 79.3 Å². The predicted molar refractivity (Wildman–Crippen MR) is 161 cm³/mol. The molecule has 4 rings (SSSR count). The summed E-state index contributed by atoms with van der Waals surface area (Å²) in [6, 6.07) is 6.54. The van der Waals surface area contributed by atoms with E-state index in [1.807, 2.05) is 24.3 Å². The molecule has 1 heterocycles. The van der Waals surface area contributed by atoms with Crippen LogP contribution in [0, 0.1) is 0 Å². The quantitative estimate of drug-likeness (QED) is 0.138. The van der Waals surface area contributed by atoms with Gasteiger partial charge in [-0.2, -0.15) is 26.3 Å². The number of carbonyl (C=O) groups is 2. The number of halogens is 6. The van der Waals surface area contributed by atoms with Gasteiger partial charge in [0, 0.05) is 17.7 Å². The van der Waals surface area contributed by atoms with Crippen LogP contribution >= 0.6 is 0 Å². The van der Waals surface area contributed by atoms with Crippen molar-refractivity contribution in [3.8, 4) is 5.75 Å². The summed E-state index contributed by atoms with van der Waals surface area (Å²) in [5, 5.41) is 0. The van der Waals surface area contributed by atoms with E-state index >= 15 is 0 Å². The molecular weight excluding hydrogens is 614 g/mol. The van der Waals surface area contributed by atoms with E-state index in [0.29, 0.717) is 37.7 Å². The van der Waals surface area contributed by atoms with Crippen LogP contribution in [0.25, 0.3) is 6.08 Å². The highest BCUT2D eigenvalue weighted by molar-refractivity contribution is 5.94. The van der Waals surface area contributed by atoms with Gasteiger partial charge in [0.2, 0.25) is 6.41 Å². The van der Waals surface area contributed by atoms with Gasteiger partial charge in [0.25, 0.3) is 11.5 Å². The molecule has 0 bridgehead atoms. The van der Waals surface area contributed by atoms with Crippen molar-refractivity contribution < 1.29 is 45.4 Å². The molecule has 0 unspecified atom stereocenters. The maximum Gasteiger partial charge on any atom is 0.430 e. The molecule has 2 amide bonds. The van der Waals surface area contributed by atoms with Crippen molar-refractivity contribution in [1.82, 2.24) is 4.90 Å². The average molecular weight is 655 g/mol. The van der Waals surface area contributed by atoms with Crippen LogP contribution in [0.5, 0.6) is 5.75 Å². The molecule has 1 aliphatic heterocycles. The van der Waals surface area contributed by atoms with Gasteiger partial charge in [0.05, 0.1) is 13.2 Å². The Bertz CT molecular complexity index is 1450. The number of aryl methyl sites for hydroxylation is 2. The third-order valence-electron chi connectivity index (χ3n) is 8.70. The summed E-state index contributed by atoms with van der Waals surface area (Å²) in [5.74, 6) is -0.298. The number of unbranched alkanes of at least 4 members (excludes halogenated alkanes) is 1. The minimum atomic E-state index is -5.72. The zero-order valence-electron chi connectivity index (χ0n) is 26.2. The highest BCUT2D eigenvalue weighted by Gasteiger charge is 2.76. The number of hydrogen-bond donors (Lipinski definition) is 1. The van der Waals surface area contributed by atoms with Gasteiger partial charge in [-0.15, -0.1) is 0 Å². The number of rotatable bonds is 13. The molecule has 46 heavy (non-hydrogen) atoms. The van der Waals surface area contributed by atoms with Crippen LogP contribution < -0.4 is 10.5 Å². The second-order valence-electron chi connectivity index (χ2n) is 12.0. The van der Waals surface area contributed by atoms with E-state index in [0.717, 1.165) is 34.9 Å². The van der Waals surface area contributed by atoms with Crippen molar-refractivity contribution in [3.05, 3.63) is 69.3 Å². The number of fused-ring (bicyclic) bond motifs is 2. The molecule has 0 radical (unpaired) electrons. The number of nitrogens with two attached hydrogens (primary N) is 1. The van der Waals surface area contributed by atoms with Gasteiger partial charge in [-0.3, -0.25) is 14.5 Å². The molecule has 0 saturated heterocycles. The third-order valence-corrected chi connectivity index (χ3v) is 8.70. The highest BCUT2D eigenvalue weighted by atomic mass is 19.4. The topological polar surface area (TPSA) is 81.9 Å². The molecule has 2 aliphatic rings. The van der Waals surface area contributed by atoms with Gasteiger partial charge >= 0.3 is 12.4 Å². The minimum Gasteiger partial charge on any atom is -0.493 e. The predicted octanol–water partition coefficient (Wildman–Crippen LogP) is 7.42. The number of allylic oxidation sites excluding steroid dienone is 1. The summed E-state index contributed by atoms with van der Waals surface area (Å²) < 4.78 is 95.1. The maximum atomic E-state index is 14.1. The Hall–Kier alpha value is -3.38. The van der Waals surface area contributed by atoms with E-state index in [-0.39, 0.29) is 48.4 Å². The first-order chi connectivity index (χ1) is 21.7. The summed E-state index contributed by atoms with van der Waals surface area (Å²) in [5.41, 5.74) is 2.68. The molecule has 0 saturated carbocycles. The lowest BCUT2D eigenvalue weighted by atomic mass is 9.83. The average Bonchev–Trinajstić information content (AvgIpc) is 3.41. The summed E-state index contributed by atoms with van der Waals surface area (Å²) in [6.45, 7) is 4.38. The Morgan fingerprint density at radius 1 is 1.09 bits per heavy atom. The Balaban J connectivity index is 1.51. The molecule has 6 nitrogen and oxygen atoms in total. The van der Waals surface area contributed by atoms with Crippen molar-refractivity contribution in [2.75, 3.05) is 13.2 Å². The fourth-order valence-corrected chi connectivity index (χ4v) is 6.43. The van der Waals surface area contributed by atoms with Crippen LogP contribution in [-0.2, 0) is 51.3 Å². The number of ether oxygens (including phenoxy) is 2. The van der Waals surface area contributed by atoms with E-state index in [4.69, 9.17) is 10.5 Å². The monoisotopic (exact) mass is 654 g/mol. The normalized spacial score (nSPS) is 16.8. The van der Waals surface area contributed by atoms with Crippen molar-refractivity contribution in [2.45, 2.75) is 102 Å². The molecule has 252 valence electrons. The van der Waals surface area contributed by atoms with Crippen LogP contribution in [0.4, 0.5) is 26.3 Å². The number of hydrogen-bond acceptors (Lipinski definition) is 5. The van der Waals surface area contributed by atoms with Gasteiger partial charge in [-0.1, -0.05) is 57.0 Å². The van der Waals surface area contributed by atoms with Gasteiger partial charge in [-0.25, -0.2) is 0 Å². The first-order valence-corrected chi connectivity index (χ1v) is 15.6. The molecule has 12 heteroatoms. The Kier molecular flexibility index (Phi) is 10.6. The molecule has 2 aromatic rings. The summed E-state index contributed by atoms with van der Waals surface area (Å²) in [7, 11) is 0. The maximum absolute atomic E-state index is 14.1. The smallest absolute Gasteiger partial charge is 0.430 e. The number of carbonyl (C=O) groups excluding carboxylic acids is 2. The molecule has 1 aliphatic carbocycles. The van der Waals surface area contributed by atoms with Crippen molar-refractivity contribution in [2.24, 2.45) is 5.73 Å². The molecule has 2 aromatic carbocycles. The SMILES string of the molecule is CCCc1cc2c(c(CCC)c1OCCCCN(C=O)C(=O)[C@@](C)(N)c1cccc3c1C=CCC3)COC2(C(F)(F)F)C(F)(F)F. The van der Waals surface area contributed by atoms with Crippen molar-refractivity contribution in [3.63, 3.8) is 0 Å². The first kappa shape index (κ1) is 35.5. The van der Waals surface area contributed by atoms with E-state index in [1.165, 1.54) is 0 Å². The second kappa shape index (κ2) is 13.8. The number of imide groups is 1. The largest absolute Gasteiger partial charge is 0.493 e. The fourth-order valence-electron chi connectivity index (χ4n) is 6.43. The molecular formula is C34H40F6N2O4. The van der Waals surface area contributed by atoms with E-state index < -0.39 is 41.6 Å². The Labute approximate surface area is 264 Å². The lowest BCUT2D eigenvalue weighted by molar-refractivity contribution is -0.385. The first-order valence-electron chi connectivity index (χ1n) is 15.6. The van der Waals surface area contributed by atoms with E-state index in [1.54, 1.807) is 26.8 Å². The molecule has 0 fully saturated rings.